The maximum atomic E-state index is 13.5. The number of rotatable bonds is 6. The van der Waals surface area contributed by atoms with Gasteiger partial charge in [-0.15, -0.1) is 0 Å². The monoisotopic (exact) mass is 427 g/mol. The van der Waals surface area contributed by atoms with Gasteiger partial charge in [0, 0.05) is 6.54 Å². The lowest BCUT2D eigenvalue weighted by atomic mass is 10.1. The molecule has 1 amide bonds. The first kappa shape index (κ1) is 19.7. The predicted molar refractivity (Wildman–Crippen MR) is 114 cm³/mol. The molecule has 2 aromatic carbocycles. The van der Waals surface area contributed by atoms with Gasteiger partial charge in [0.15, 0.2) is 5.75 Å². The Labute approximate surface area is 181 Å². The molecule has 5 nitrogen and oxygen atoms in total. The van der Waals surface area contributed by atoms with Gasteiger partial charge in [0.05, 0.1) is 30.4 Å². The highest BCUT2D eigenvalue weighted by atomic mass is 35.5. The standard InChI is InChI=1S/C24H26ClNO4/c1-15-9-20-21(23(22(15)25)30-13-17-7-8-17)24(27)26-11-19(10-18(26)14-29-20)28-12-16-5-3-2-4-6-16/h2-6,9,17-19H,7-8,10-14H2,1H3/t18-,19+/m1/s1. The highest BCUT2D eigenvalue weighted by Gasteiger charge is 2.41. The van der Waals surface area contributed by atoms with Crippen LogP contribution in [0.25, 0.3) is 0 Å². The van der Waals surface area contributed by atoms with E-state index in [0.29, 0.717) is 54.4 Å². The number of hydrogen-bond acceptors (Lipinski definition) is 4. The van der Waals surface area contributed by atoms with E-state index in [2.05, 4.69) is 0 Å². The predicted octanol–water partition coefficient (Wildman–Crippen LogP) is 4.63. The second-order valence-electron chi connectivity index (χ2n) is 8.54. The smallest absolute Gasteiger partial charge is 0.261 e. The first-order valence-corrected chi connectivity index (χ1v) is 11.0. The number of hydrogen-bond donors (Lipinski definition) is 0. The van der Waals surface area contributed by atoms with Gasteiger partial charge in [0.1, 0.15) is 17.9 Å². The second-order valence-corrected chi connectivity index (χ2v) is 8.92. The number of ether oxygens (including phenoxy) is 3. The van der Waals surface area contributed by atoms with E-state index in [1.807, 2.05) is 48.2 Å². The molecule has 2 atom stereocenters. The summed E-state index contributed by atoms with van der Waals surface area (Å²) >= 11 is 6.57. The van der Waals surface area contributed by atoms with E-state index >= 15 is 0 Å². The van der Waals surface area contributed by atoms with Crippen LogP contribution in [0.2, 0.25) is 5.02 Å². The van der Waals surface area contributed by atoms with E-state index in [0.717, 1.165) is 17.5 Å². The lowest BCUT2D eigenvalue weighted by Gasteiger charge is -2.22. The van der Waals surface area contributed by atoms with E-state index in [-0.39, 0.29) is 18.1 Å². The number of halogens is 1. The average Bonchev–Trinajstić information content (AvgIpc) is 3.51. The number of fused-ring (bicyclic) bond motifs is 2. The summed E-state index contributed by atoms with van der Waals surface area (Å²) in [7, 11) is 0. The SMILES string of the molecule is Cc1cc2c(c(OCC3CC3)c1Cl)C(=O)N1C[C@@H](OCc3ccccc3)C[C@@H]1CO2. The topological polar surface area (TPSA) is 48.0 Å². The summed E-state index contributed by atoms with van der Waals surface area (Å²) in [5, 5.41) is 0.501. The summed E-state index contributed by atoms with van der Waals surface area (Å²) in [4.78, 5) is 15.4. The van der Waals surface area contributed by atoms with E-state index in [1.165, 1.54) is 12.8 Å². The van der Waals surface area contributed by atoms with Crippen molar-refractivity contribution in [3.8, 4) is 11.5 Å². The van der Waals surface area contributed by atoms with E-state index in [9.17, 15) is 4.79 Å². The van der Waals surface area contributed by atoms with Crippen LogP contribution in [0, 0.1) is 12.8 Å². The molecule has 2 fully saturated rings. The van der Waals surface area contributed by atoms with Gasteiger partial charge in [-0.3, -0.25) is 4.79 Å². The zero-order chi connectivity index (χ0) is 20.7. The number of carbonyl (C=O) groups excluding carboxylic acids is 1. The summed E-state index contributed by atoms with van der Waals surface area (Å²) in [6.45, 7) is 4.05. The molecule has 1 saturated heterocycles. The molecule has 1 aliphatic carbocycles. The van der Waals surface area contributed by atoms with Crippen LogP contribution in [0.5, 0.6) is 11.5 Å². The quantitative estimate of drug-likeness (QED) is 0.674. The Bertz CT molecular complexity index is 944. The van der Waals surface area contributed by atoms with E-state index in [4.69, 9.17) is 25.8 Å². The molecular formula is C24H26ClNO4. The van der Waals surface area contributed by atoms with Gasteiger partial charge < -0.3 is 19.1 Å². The first-order chi connectivity index (χ1) is 14.6. The van der Waals surface area contributed by atoms with Gasteiger partial charge in [0.2, 0.25) is 0 Å². The zero-order valence-corrected chi connectivity index (χ0v) is 17.9. The van der Waals surface area contributed by atoms with Gasteiger partial charge >= 0.3 is 0 Å². The molecule has 0 aromatic heterocycles. The van der Waals surface area contributed by atoms with Crippen LogP contribution in [0.3, 0.4) is 0 Å². The highest BCUT2D eigenvalue weighted by Crippen LogP contribution is 2.43. The summed E-state index contributed by atoms with van der Waals surface area (Å²) in [5.74, 6) is 1.53. The van der Waals surface area contributed by atoms with Crippen LogP contribution in [0.15, 0.2) is 36.4 Å². The number of carbonyl (C=O) groups is 1. The molecule has 30 heavy (non-hydrogen) atoms. The number of nitrogens with zero attached hydrogens (tertiary/aromatic N) is 1. The molecule has 0 spiro atoms. The molecule has 0 N–H and O–H groups in total. The summed E-state index contributed by atoms with van der Waals surface area (Å²) < 4.78 is 18.3. The van der Waals surface area contributed by atoms with Crippen LogP contribution in [-0.4, -0.2) is 42.7 Å². The van der Waals surface area contributed by atoms with Crippen molar-refractivity contribution in [2.45, 2.75) is 44.9 Å². The Kier molecular flexibility index (Phi) is 5.34. The molecule has 2 aliphatic heterocycles. The van der Waals surface area contributed by atoms with Crippen molar-refractivity contribution in [3.05, 3.63) is 58.1 Å². The maximum absolute atomic E-state index is 13.5. The summed E-state index contributed by atoms with van der Waals surface area (Å²) in [5.41, 5.74) is 2.45. The van der Waals surface area contributed by atoms with Crippen LogP contribution in [0.4, 0.5) is 0 Å². The van der Waals surface area contributed by atoms with Crippen molar-refractivity contribution in [3.63, 3.8) is 0 Å². The molecule has 2 heterocycles. The number of benzene rings is 2. The van der Waals surface area contributed by atoms with Crippen molar-refractivity contribution in [2.75, 3.05) is 19.8 Å². The molecule has 0 unspecified atom stereocenters. The highest BCUT2D eigenvalue weighted by molar-refractivity contribution is 6.33. The minimum Gasteiger partial charge on any atom is -0.491 e. The average molecular weight is 428 g/mol. The summed E-state index contributed by atoms with van der Waals surface area (Å²) in [6, 6.07) is 11.9. The van der Waals surface area contributed by atoms with Crippen LogP contribution in [0.1, 0.15) is 40.7 Å². The molecule has 3 aliphatic rings. The molecule has 0 radical (unpaired) electrons. The van der Waals surface area contributed by atoms with Gasteiger partial charge in [-0.05, 0) is 49.3 Å². The lowest BCUT2D eigenvalue weighted by Crippen LogP contribution is -2.37. The fourth-order valence-electron chi connectivity index (χ4n) is 4.19. The van der Waals surface area contributed by atoms with Crippen LogP contribution < -0.4 is 9.47 Å². The number of amides is 1. The van der Waals surface area contributed by atoms with Crippen LogP contribution >= 0.6 is 11.6 Å². The molecule has 1 saturated carbocycles. The third kappa shape index (κ3) is 3.88. The molecular weight excluding hydrogens is 402 g/mol. The minimum absolute atomic E-state index is 0.0129. The van der Waals surface area contributed by atoms with Gasteiger partial charge in [-0.1, -0.05) is 41.9 Å². The normalized spacial score (nSPS) is 22.9. The molecule has 158 valence electrons. The van der Waals surface area contributed by atoms with Crippen molar-refractivity contribution in [1.29, 1.82) is 0 Å². The Morgan fingerprint density at radius 2 is 2.03 bits per heavy atom. The van der Waals surface area contributed by atoms with Crippen molar-refractivity contribution in [1.82, 2.24) is 4.90 Å². The Hall–Kier alpha value is -2.24. The first-order valence-electron chi connectivity index (χ1n) is 10.7. The van der Waals surface area contributed by atoms with Gasteiger partial charge in [-0.2, -0.15) is 0 Å². The second kappa shape index (κ2) is 8.12. The zero-order valence-electron chi connectivity index (χ0n) is 17.1. The largest absolute Gasteiger partial charge is 0.491 e. The van der Waals surface area contributed by atoms with Crippen molar-refractivity contribution >= 4 is 17.5 Å². The fraction of sp³-hybridized carbons (Fsp3) is 0.458. The Morgan fingerprint density at radius 3 is 2.80 bits per heavy atom. The number of aryl methyl sites for hydroxylation is 1. The van der Waals surface area contributed by atoms with E-state index in [1.54, 1.807) is 0 Å². The Balaban J connectivity index is 1.35. The van der Waals surface area contributed by atoms with Crippen LogP contribution in [-0.2, 0) is 11.3 Å². The fourth-order valence-corrected chi connectivity index (χ4v) is 4.39. The lowest BCUT2D eigenvalue weighted by molar-refractivity contribution is 0.0436. The Morgan fingerprint density at radius 1 is 1.23 bits per heavy atom. The summed E-state index contributed by atoms with van der Waals surface area (Å²) in [6.07, 6.45) is 3.09. The molecule has 0 bridgehead atoms. The third-order valence-corrected chi connectivity index (χ3v) is 6.61. The van der Waals surface area contributed by atoms with Gasteiger partial charge in [-0.25, -0.2) is 0 Å². The molecule has 5 rings (SSSR count). The minimum atomic E-state index is -0.0778. The maximum Gasteiger partial charge on any atom is 0.261 e. The van der Waals surface area contributed by atoms with Crippen molar-refractivity contribution in [2.24, 2.45) is 5.92 Å². The van der Waals surface area contributed by atoms with E-state index < -0.39 is 0 Å². The molecule has 2 aromatic rings. The van der Waals surface area contributed by atoms with Crippen molar-refractivity contribution < 1.29 is 19.0 Å². The molecule has 6 heteroatoms. The van der Waals surface area contributed by atoms with Gasteiger partial charge in [0.25, 0.3) is 5.91 Å². The third-order valence-electron chi connectivity index (χ3n) is 6.14.